The monoisotopic (exact) mass is 538 g/mol. The van der Waals surface area contributed by atoms with Crippen LogP contribution in [-0.2, 0) is 9.59 Å². The average Bonchev–Trinajstić information content (AvgIpc) is 3.40. The summed E-state index contributed by atoms with van der Waals surface area (Å²) in [6.07, 6.45) is 5.14. The van der Waals surface area contributed by atoms with Crippen LogP contribution < -0.4 is 15.4 Å². The van der Waals surface area contributed by atoms with Crippen LogP contribution in [0.2, 0.25) is 0 Å². The Labute approximate surface area is 200 Å². The highest BCUT2D eigenvalue weighted by atomic mass is 127. The van der Waals surface area contributed by atoms with Crippen LogP contribution in [0, 0.1) is 30.6 Å². The molecule has 1 saturated carbocycles. The molecule has 2 amide bonds. The number of guanidine groups is 1. The maximum atomic E-state index is 12.7. The van der Waals surface area contributed by atoms with E-state index in [4.69, 9.17) is 4.74 Å². The third-order valence-corrected chi connectivity index (χ3v) is 6.30. The second-order valence-electron chi connectivity index (χ2n) is 8.45. The van der Waals surface area contributed by atoms with Crippen LogP contribution in [0.4, 0.5) is 0 Å². The van der Waals surface area contributed by atoms with E-state index >= 15 is 0 Å². The van der Waals surface area contributed by atoms with Gasteiger partial charge in [-0.15, -0.1) is 24.0 Å². The molecule has 0 aromatic heterocycles. The number of aryl methyl sites for hydroxylation is 1. The second kappa shape index (κ2) is 10.0. The number of halogens is 1. The Morgan fingerprint density at radius 2 is 1.87 bits per heavy atom. The average molecular weight is 538 g/mol. The van der Waals surface area contributed by atoms with Gasteiger partial charge in [0.15, 0.2) is 5.96 Å². The van der Waals surface area contributed by atoms with Crippen molar-refractivity contribution >= 4 is 41.8 Å². The molecule has 1 heterocycles. The van der Waals surface area contributed by atoms with E-state index in [9.17, 15) is 9.59 Å². The Kier molecular flexibility index (Phi) is 7.61. The number of likely N-dealkylation sites (tertiary alicyclic amines) is 1. The molecule has 2 bridgehead atoms. The molecule has 5 unspecified atom stereocenters. The predicted molar refractivity (Wildman–Crippen MR) is 130 cm³/mol. The topological polar surface area (TPSA) is 83.0 Å². The number of carbonyl (C=O) groups excluding carboxylic acids is 2. The molecule has 7 nitrogen and oxygen atoms in total. The second-order valence-corrected chi connectivity index (χ2v) is 8.45. The molecule has 1 saturated heterocycles. The van der Waals surface area contributed by atoms with Crippen molar-refractivity contribution in [2.24, 2.45) is 28.7 Å². The molecular formula is C23H31IN4O3. The lowest BCUT2D eigenvalue weighted by molar-refractivity contribution is -0.140. The van der Waals surface area contributed by atoms with Crippen molar-refractivity contribution in [1.29, 1.82) is 0 Å². The van der Waals surface area contributed by atoms with E-state index in [0.29, 0.717) is 25.6 Å². The molecule has 0 spiro atoms. The number of nitrogens with zero attached hydrogens (tertiary/aromatic N) is 2. The summed E-state index contributed by atoms with van der Waals surface area (Å²) in [6, 6.07) is 7.95. The lowest BCUT2D eigenvalue weighted by Crippen LogP contribution is -2.45. The molecule has 2 aliphatic carbocycles. The van der Waals surface area contributed by atoms with Gasteiger partial charge in [-0.3, -0.25) is 19.5 Å². The summed E-state index contributed by atoms with van der Waals surface area (Å²) >= 11 is 0. The summed E-state index contributed by atoms with van der Waals surface area (Å²) in [5.41, 5.74) is 1.16. The summed E-state index contributed by atoms with van der Waals surface area (Å²) < 4.78 is 5.92. The van der Waals surface area contributed by atoms with Crippen molar-refractivity contribution < 1.29 is 14.3 Å². The maximum Gasteiger partial charge on any atom is 0.233 e. The molecule has 31 heavy (non-hydrogen) atoms. The summed E-state index contributed by atoms with van der Waals surface area (Å²) in [4.78, 5) is 31.1. The smallest absolute Gasteiger partial charge is 0.233 e. The van der Waals surface area contributed by atoms with E-state index < -0.39 is 0 Å². The zero-order valence-corrected chi connectivity index (χ0v) is 20.5. The van der Waals surface area contributed by atoms with Crippen LogP contribution in [0.1, 0.15) is 18.9 Å². The standard InChI is InChI=1S/C23H30N4O3.HI/c1-14-5-4-6-18(11-14)30-15(2)13-26-23(24-3)25-9-10-27-21(28)19-16-7-8-17(12-16)20(19)22(27)29;/h4-8,11,15-17,19-20H,9-10,12-13H2,1-3H3,(H2,24,25,26);1H. The number of aliphatic imine (C=N–C) groups is 1. The van der Waals surface area contributed by atoms with E-state index in [-0.39, 0.29) is 65.6 Å². The third kappa shape index (κ3) is 4.88. The van der Waals surface area contributed by atoms with Crippen molar-refractivity contribution in [3.63, 3.8) is 0 Å². The highest BCUT2D eigenvalue weighted by Gasteiger charge is 2.58. The number of hydrogen-bond donors (Lipinski definition) is 2. The number of hydrogen-bond acceptors (Lipinski definition) is 4. The van der Waals surface area contributed by atoms with E-state index in [1.165, 1.54) is 4.90 Å². The summed E-state index contributed by atoms with van der Waals surface area (Å²) in [5.74, 6) is 1.67. The van der Waals surface area contributed by atoms with Crippen LogP contribution in [0.5, 0.6) is 5.75 Å². The van der Waals surface area contributed by atoms with Crippen molar-refractivity contribution in [3.05, 3.63) is 42.0 Å². The minimum atomic E-state index is -0.135. The normalized spacial score (nSPS) is 27.2. The lowest BCUT2D eigenvalue weighted by atomic mass is 9.85. The van der Waals surface area contributed by atoms with E-state index in [1.807, 2.05) is 38.1 Å². The van der Waals surface area contributed by atoms with Crippen molar-refractivity contribution in [2.45, 2.75) is 26.4 Å². The summed E-state index contributed by atoms with van der Waals surface area (Å²) in [7, 11) is 1.70. The van der Waals surface area contributed by atoms with Gasteiger partial charge in [-0.25, -0.2) is 0 Å². The third-order valence-electron chi connectivity index (χ3n) is 6.30. The van der Waals surface area contributed by atoms with Gasteiger partial charge in [-0.2, -0.15) is 0 Å². The summed E-state index contributed by atoms with van der Waals surface area (Å²) in [5, 5.41) is 6.42. The lowest BCUT2D eigenvalue weighted by Gasteiger charge is -2.20. The molecule has 2 fully saturated rings. The number of rotatable bonds is 7. The fraction of sp³-hybridized carbons (Fsp3) is 0.522. The maximum absolute atomic E-state index is 12.7. The predicted octanol–water partition coefficient (Wildman–Crippen LogP) is 2.35. The molecule has 3 aliphatic rings. The highest BCUT2D eigenvalue weighted by molar-refractivity contribution is 14.0. The zero-order valence-electron chi connectivity index (χ0n) is 18.2. The Balaban J connectivity index is 0.00000272. The number of benzene rings is 1. The molecule has 0 radical (unpaired) electrons. The van der Waals surface area contributed by atoms with Gasteiger partial charge in [-0.1, -0.05) is 24.3 Å². The van der Waals surface area contributed by atoms with Gasteiger partial charge in [-0.05, 0) is 49.8 Å². The quantitative estimate of drug-likeness (QED) is 0.183. The number of nitrogens with one attached hydrogen (secondary N) is 2. The number of carbonyl (C=O) groups is 2. The molecule has 5 atom stereocenters. The minimum Gasteiger partial charge on any atom is -0.489 e. The van der Waals surface area contributed by atoms with E-state index in [1.54, 1.807) is 7.05 Å². The van der Waals surface area contributed by atoms with Gasteiger partial charge in [0, 0.05) is 20.1 Å². The van der Waals surface area contributed by atoms with Crippen LogP contribution in [-0.4, -0.2) is 55.5 Å². The summed E-state index contributed by atoms with van der Waals surface area (Å²) in [6.45, 7) is 5.43. The number of amides is 2. The Hall–Kier alpha value is -2.10. The van der Waals surface area contributed by atoms with Crippen LogP contribution in [0.25, 0.3) is 0 Å². The molecule has 4 rings (SSSR count). The molecule has 1 aromatic carbocycles. The first kappa shape index (κ1) is 23.6. The number of ether oxygens (including phenoxy) is 1. The van der Waals surface area contributed by atoms with Gasteiger partial charge in [0.2, 0.25) is 11.8 Å². The fourth-order valence-electron chi connectivity index (χ4n) is 4.89. The van der Waals surface area contributed by atoms with Crippen molar-refractivity contribution in [1.82, 2.24) is 15.5 Å². The molecule has 2 N–H and O–H groups in total. The first-order chi connectivity index (χ1) is 14.5. The Bertz CT molecular complexity index is 857. The molecule has 1 aromatic rings. The Morgan fingerprint density at radius 3 is 2.48 bits per heavy atom. The van der Waals surface area contributed by atoms with Gasteiger partial charge in [0.1, 0.15) is 11.9 Å². The van der Waals surface area contributed by atoms with Gasteiger partial charge < -0.3 is 15.4 Å². The number of allylic oxidation sites excluding steroid dienone is 2. The zero-order chi connectivity index (χ0) is 21.3. The van der Waals surface area contributed by atoms with E-state index in [2.05, 4.69) is 27.8 Å². The fourth-order valence-corrected chi connectivity index (χ4v) is 4.89. The number of imide groups is 1. The van der Waals surface area contributed by atoms with Crippen LogP contribution >= 0.6 is 24.0 Å². The van der Waals surface area contributed by atoms with Crippen LogP contribution in [0.3, 0.4) is 0 Å². The minimum absolute atomic E-state index is 0. The highest BCUT2D eigenvalue weighted by Crippen LogP contribution is 2.52. The van der Waals surface area contributed by atoms with Crippen molar-refractivity contribution in [3.8, 4) is 5.75 Å². The van der Waals surface area contributed by atoms with Crippen molar-refractivity contribution in [2.75, 3.05) is 26.7 Å². The molecule has 168 valence electrons. The van der Waals surface area contributed by atoms with Gasteiger partial charge in [0.05, 0.1) is 18.4 Å². The SMILES string of the molecule is CN=C(NCCN1C(=O)C2C3C=CC(C3)C2C1=O)NCC(C)Oc1cccc(C)c1.I. The largest absolute Gasteiger partial charge is 0.489 e. The number of fused-ring (bicyclic) bond motifs is 5. The van der Waals surface area contributed by atoms with Gasteiger partial charge in [0.25, 0.3) is 0 Å². The van der Waals surface area contributed by atoms with Crippen LogP contribution in [0.15, 0.2) is 41.4 Å². The van der Waals surface area contributed by atoms with Gasteiger partial charge >= 0.3 is 0 Å². The molecular weight excluding hydrogens is 507 g/mol. The molecule has 1 aliphatic heterocycles. The first-order valence-electron chi connectivity index (χ1n) is 10.7. The molecule has 8 heteroatoms. The first-order valence-corrected chi connectivity index (χ1v) is 10.7. The Morgan fingerprint density at radius 1 is 1.19 bits per heavy atom. The van der Waals surface area contributed by atoms with E-state index in [0.717, 1.165) is 17.7 Å².